The summed E-state index contributed by atoms with van der Waals surface area (Å²) in [6.45, 7) is 10.9. The van der Waals surface area contributed by atoms with E-state index in [9.17, 15) is 9.90 Å². The molecule has 5 heteroatoms. The number of hydrogen-bond donors (Lipinski definition) is 1. The SMILES string of the molecule is CC(C)Cc1ccc(C2(O)CC3COCC(C2)N3C(=O)OC(C)(C)C)cc1. The number of nitrogens with zero attached hydrogens (tertiary/aromatic N) is 1. The zero-order chi connectivity index (χ0) is 19.8. The first kappa shape index (κ1) is 20.2. The molecular weight excluding hydrogens is 342 g/mol. The van der Waals surface area contributed by atoms with Gasteiger partial charge in [0.15, 0.2) is 0 Å². The number of carbonyl (C=O) groups excluding carboxylic acids is 1. The monoisotopic (exact) mass is 375 g/mol. The molecule has 1 N–H and O–H groups in total. The lowest BCUT2D eigenvalue weighted by molar-refractivity contribution is -0.141. The molecule has 1 aromatic carbocycles. The average Bonchev–Trinajstić information content (AvgIpc) is 2.52. The Balaban J connectivity index is 1.77. The minimum absolute atomic E-state index is 0.173. The first-order valence-corrected chi connectivity index (χ1v) is 9.98. The van der Waals surface area contributed by atoms with Gasteiger partial charge in [-0.1, -0.05) is 38.1 Å². The van der Waals surface area contributed by atoms with E-state index in [4.69, 9.17) is 9.47 Å². The zero-order valence-electron chi connectivity index (χ0n) is 17.2. The number of aliphatic hydroxyl groups is 1. The molecule has 5 nitrogen and oxygen atoms in total. The maximum atomic E-state index is 12.7. The van der Waals surface area contributed by atoms with E-state index in [0.29, 0.717) is 32.0 Å². The molecule has 0 aromatic heterocycles. The third-order valence-electron chi connectivity index (χ3n) is 5.29. The highest BCUT2D eigenvalue weighted by Gasteiger charge is 2.49. The van der Waals surface area contributed by atoms with E-state index in [1.54, 1.807) is 4.90 Å². The van der Waals surface area contributed by atoms with Gasteiger partial charge in [0.05, 0.1) is 30.9 Å². The molecule has 2 heterocycles. The van der Waals surface area contributed by atoms with E-state index in [-0.39, 0.29) is 18.2 Å². The molecule has 2 aliphatic heterocycles. The molecule has 27 heavy (non-hydrogen) atoms. The Labute approximate surface area is 162 Å². The number of ether oxygens (including phenoxy) is 2. The topological polar surface area (TPSA) is 59.0 Å². The maximum Gasteiger partial charge on any atom is 0.410 e. The second kappa shape index (κ2) is 7.44. The molecule has 0 spiro atoms. The molecule has 0 aliphatic carbocycles. The molecule has 2 atom stereocenters. The van der Waals surface area contributed by atoms with Crippen LogP contribution in [-0.4, -0.2) is 47.0 Å². The highest BCUT2D eigenvalue weighted by Crippen LogP contribution is 2.41. The molecule has 2 bridgehead atoms. The summed E-state index contributed by atoms with van der Waals surface area (Å²) in [6.07, 6.45) is 1.65. The number of piperidine rings is 1. The van der Waals surface area contributed by atoms with E-state index in [2.05, 4.69) is 26.0 Å². The second-order valence-corrected chi connectivity index (χ2v) is 9.47. The molecule has 3 rings (SSSR count). The standard InChI is InChI=1S/C22H33NO4/c1-15(2)10-16-6-8-17(9-7-16)22(25)11-18-13-26-14-19(12-22)23(18)20(24)27-21(3,4)5/h6-9,15,18-19,25H,10-14H2,1-5H3. The van der Waals surface area contributed by atoms with E-state index in [0.717, 1.165) is 12.0 Å². The van der Waals surface area contributed by atoms with Crippen LogP contribution in [0.5, 0.6) is 0 Å². The number of rotatable bonds is 3. The van der Waals surface area contributed by atoms with Crippen molar-refractivity contribution in [2.45, 2.75) is 77.2 Å². The third kappa shape index (κ3) is 4.64. The second-order valence-electron chi connectivity index (χ2n) is 9.47. The Morgan fingerprint density at radius 3 is 2.26 bits per heavy atom. The van der Waals surface area contributed by atoms with E-state index in [1.165, 1.54) is 5.56 Å². The minimum atomic E-state index is -0.937. The molecule has 150 valence electrons. The van der Waals surface area contributed by atoms with Crippen LogP contribution in [0, 0.1) is 5.92 Å². The molecule has 0 radical (unpaired) electrons. The van der Waals surface area contributed by atoms with Crippen molar-refractivity contribution in [3.63, 3.8) is 0 Å². The summed E-state index contributed by atoms with van der Waals surface area (Å²) < 4.78 is 11.3. The van der Waals surface area contributed by atoms with Crippen LogP contribution in [-0.2, 0) is 21.5 Å². The Hall–Kier alpha value is -1.59. The van der Waals surface area contributed by atoms with Gasteiger partial charge in [-0.15, -0.1) is 0 Å². The highest BCUT2D eigenvalue weighted by molar-refractivity contribution is 5.69. The number of fused-ring (bicyclic) bond motifs is 2. The van der Waals surface area contributed by atoms with Crippen molar-refractivity contribution >= 4 is 6.09 Å². The molecule has 1 aromatic rings. The van der Waals surface area contributed by atoms with Gasteiger partial charge in [-0.3, -0.25) is 4.90 Å². The van der Waals surface area contributed by atoms with Crippen LogP contribution in [0.15, 0.2) is 24.3 Å². The van der Waals surface area contributed by atoms with E-state index >= 15 is 0 Å². The van der Waals surface area contributed by atoms with Crippen molar-refractivity contribution in [1.82, 2.24) is 4.90 Å². The van der Waals surface area contributed by atoms with Gasteiger partial charge in [0.2, 0.25) is 0 Å². The van der Waals surface area contributed by atoms with Crippen LogP contribution in [0.4, 0.5) is 4.79 Å². The maximum absolute atomic E-state index is 12.7. The summed E-state index contributed by atoms with van der Waals surface area (Å²) in [4.78, 5) is 14.5. The Kier molecular flexibility index (Phi) is 5.55. The number of hydrogen-bond acceptors (Lipinski definition) is 4. The predicted octanol–water partition coefficient (Wildman–Crippen LogP) is 3.87. The summed E-state index contributed by atoms with van der Waals surface area (Å²) in [5.74, 6) is 0.604. The first-order chi connectivity index (χ1) is 12.6. The largest absolute Gasteiger partial charge is 0.444 e. The van der Waals surface area contributed by atoms with Crippen LogP contribution in [0.2, 0.25) is 0 Å². The third-order valence-corrected chi connectivity index (χ3v) is 5.29. The lowest BCUT2D eigenvalue weighted by atomic mass is 9.76. The van der Waals surface area contributed by atoms with Crippen LogP contribution >= 0.6 is 0 Å². The number of benzene rings is 1. The first-order valence-electron chi connectivity index (χ1n) is 9.98. The summed E-state index contributed by atoms with van der Waals surface area (Å²) in [5.41, 5.74) is 0.739. The van der Waals surface area contributed by atoms with Crippen LogP contribution in [0.1, 0.15) is 58.6 Å². The molecule has 2 unspecified atom stereocenters. The molecule has 2 saturated heterocycles. The molecule has 2 fully saturated rings. The number of amides is 1. The van der Waals surface area contributed by atoms with E-state index < -0.39 is 11.2 Å². The molecular formula is C22H33NO4. The van der Waals surface area contributed by atoms with Gasteiger partial charge < -0.3 is 14.6 Å². The quantitative estimate of drug-likeness (QED) is 0.871. The average molecular weight is 376 g/mol. The molecule has 2 aliphatic rings. The summed E-state index contributed by atoms with van der Waals surface area (Å²) in [6, 6.07) is 7.95. The predicted molar refractivity (Wildman–Crippen MR) is 105 cm³/mol. The molecule has 1 amide bonds. The van der Waals surface area contributed by atoms with Crippen molar-refractivity contribution in [3.8, 4) is 0 Å². The minimum Gasteiger partial charge on any atom is -0.444 e. The number of carbonyl (C=O) groups is 1. The lowest BCUT2D eigenvalue weighted by Gasteiger charge is -2.51. The normalized spacial score (nSPS) is 28.3. The van der Waals surface area contributed by atoms with E-state index in [1.807, 2.05) is 32.9 Å². The van der Waals surface area contributed by atoms with Crippen LogP contribution in [0.25, 0.3) is 0 Å². The Morgan fingerprint density at radius 2 is 1.78 bits per heavy atom. The summed E-state index contributed by atoms with van der Waals surface area (Å²) >= 11 is 0. The smallest absolute Gasteiger partial charge is 0.410 e. The van der Waals surface area contributed by atoms with Gasteiger partial charge in [0, 0.05) is 12.8 Å². The van der Waals surface area contributed by atoms with Gasteiger partial charge in [-0.25, -0.2) is 4.79 Å². The van der Waals surface area contributed by atoms with Gasteiger partial charge in [0.25, 0.3) is 0 Å². The van der Waals surface area contributed by atoms with Crippen LogP contribution < -0.4 is 0 Å². The Morgan fingerprint density at radius 1 is 1.22 bits per heavy atom. The van der Waals surface area contributed by atoms with Gasteiger partial charge in [-0.05, 0) is 44.2 Å². The molecule has 0 saturated carbocycles. The highest BCUT2D eigenvalue weighted by atomic mass is 16.6. The zero-order valence-corrected chi connectivity index (χ0v) is 17.2. The van der Waals surface area contributed by atoms with Gasteiger partial charge >= 0.3 is 6.09 Å². The van der Waals surface area contributed by atoms with Gasteiger partial charge in [-0.2, -0.15) is 0 Å². The van der Waals surface area contributed by atoms with Crippen molar-refractivity contribution in [1.29, 1.82) is 0 Å². The fourth-order valence-corrected chi connectivity index (χ4v) is 4.25. The summed E-state index contributed by atoms with van der Waals surface area (Å²) in [7, 11) is 0. The van der Waals surface area contributed by atoms with Crippen molar-refractivity contribution in [3.05, 3.63) is 35.4 Å². The Bertz CT molecular complexity index is 648. The lowest BCUT2D eigenvalue weighted by Crippen LogP contribution is -2.63. The fraction of sp³-hybridized carbons (Fsp3) is 0.682. The summed E-state index contributed by atoms with van der Waals surface area (Å²) in [5, 5.41) is 11.4. The van der Waals surface area contributed by atoms with Crippen LogP contribution in [0.3, 0.4) is 0 Å². The van der Waals surface area contributed by atoms with Crippen molar-refractivity contribution in [2.24, 2.45) is 5.92 Å². The van der Waals surface area contributed by atoms with Crippen molar-refractivity contribution < 1.29 is 19.4 Å². The van der Waals surface area contributed by atoms with Gasteiger partial charge in [0.1, 0.15) is 5.60 Å². The number of morpholine rings is 1. The fourth-order valence-electron chi connectivity index (χ4n) is 4.25. The van der Waals surface area contributed by atoms with Crippen molar-refractivity contribution in [2.75, 3.05) is 13.2 Å².